The van der Waals surface area contributed by atoms with Crippen molar-refractivity contribution in [3.63, 3.8) is 0 Å². The van der Waals surface area contributed by atoms with Crippen LogP contribution < -0.4 is 11.5 Å². The summed E-state index contributed by atoms with van der Waals surface area (Å²) < 4.78 is 26.2. The lowest BCUT2D eigenvalue weighted by Gasteiger charge is -2.33. The number of primary amides is 2. The van der Waals surface area contributed by atoms with Crippen LogP contribution in [0.2, 0.25) is 0 Å². The van der Waals surface area contributed by atoms with Crippen LogP contribution in [0.15, 0.2) is 0 Å². The number of hydrogen-bond acceptors (Lipinski definition) is 5. The lowest BCUT2D eigenvalue weighted by Crippen LogP contribution is -2.52. The average molecular weight is 322 g/mol. The molecule has 1 fully saturated rings. The lowest BCUT2D eigenvalue weighted by atomic mass is 10.0. The second-order valence-corrected chi connectivity index (χ2v) is 6.67. The summed E-state index contributed by atoms with van der Waals surface area (Å²) in [6, 6.07) is 0. The van der Waals surface area contributed by atoms with Crippen molar-refractivity contribution in [1.29, 1.82) is 0 Å². The molecule has 5 N–H and O–H groups in total. The zero-order valence-electron chi connectivity index (χ0n) is 11.3. The van der Waals surface area contributed by atoms with Gasteiger partial charge in [0.15, 0.2) is 0 Å². The molecule has 0 aromatic carbocycles. The van der Waals surface area contributed by atoms with Crippen molar-refractivity contribution < 1.29 is 27.9 Å². The van der Waals surface area contributed by atoms with E-state index >= 15 is 0 Å². The van der Waals surface area contributed by atoms with Gasteiger partial charge in [0.05, 0.1) is 19.0 Å². The molecule has 120 valence electrons. The van der Waals surface area contributed by atoms with E-state index in [1.54, 1.807) is 0 Å². The molecule has 1 aliphatic heterocycles. The number of nitrogens with two attached hydrogens (primary N) is 2. The Balaban J connectivity index is 2.95. The Morgan fingerprint density at radius 1 is 1.19 bits per heavy atom. The van der Waals surface area contributed by atoms with Gasteiger partial charge in [-0.05, 0) is 12.8 Å². The molecule has 1 aliphatic rings. The predicted octanol–water partition coefficient (Wildman–Crippen LogP) is -2.70. The Hall–Kier alpha value is -1.72. The molecule has 1 heterocycles. The third-order valence-electron chi connectivity index (χ3n) is 3.05. The number of rotatable bonds is 7. The number of nitrogens with zero attached hydrogens (tertiary/aromatic N) is 2. The van der Waals surface area contributed by atoms with Crippen LogP contribution in [0.1, 0.15) is 12.8 Å². The van der Waals surface area contributed by atoms with E-state index < -0.39 is 47.0 Å². The minimum atomic E-state index is -4.18. The maximum Gasteiger partial charge on any atom is 0.307 e. The third kappa shape index (κ3) is 4.65. The quantitative estimate of drug-likeness (QED) is 0.461. The smallest absolute Gasteiger partial charge is 0.307 e. The van der Waals surface area contributed by atoms with Crippen molar-refractivity contribution in [3.05, 3.63) is 0 Å². The molecule has 1 saturated heterocycles. The molecule has 0 aromatic rings. The van der Waals surface area contributed by atoms with E-state index in [0.29, 0.717) is 17.1 Å². The Morgan fingerprint density at radius 2 is 1.71 bits per heavy atom. The summed E-state index contributed by atoms with van der Waals surface area (Å²) in [5, 5.41) is 8.97. The minimum absolute atomic E-state index is 0.111. The van der Waals surface area contributed by atoms with E-state index in [2.05, 4.69) is 0 Å². The van der Waals surface area contributed by atoms with Crippen molar-refractivity contribution >= 4 is 28.0 Å². The molecule has 1 unspecified atom stereocenters. The van der Waals surface area contributed by atoms with E-state index in [0.717, 1.165) is 4.31 Å². The van der Waals surface area contributed by atoms with Gasteiger partial charge in [-0.1, -0.05) is 0 Å². The summed E-state index contributed by atoms with van der Waals surface area (Å²) >= 11 is 0. The number of hydrogen-bond donors (Lipinski definition) is 3. The summed E-state index contributed by atoms with van der Waals surface area (Å²) in [5.74, 6) is -3.79. The monoisotopic (exact) mass is 322 g/mol. The number of carboxylic acid groups (broad SMARTS) is 1. The third-order valence-corrected chi connectivity index (χ3v) is 4.95. The van der Waals surface area contributed by atoms with E-state index in [1.807, 2.05) is 0 Å². The normalized spacial score (nSPS) is 20.3. The second kappa shape index (κ2) is 6.83. The van der Waals surface area contributed by atoms with Crippen molar-refractivity contribution in [2.45, 2.75) is 12.8 Å². The van der Waals surface area contributed by atoms with Gasteiger partial charge in [-0.2, -0.15) is 17.0 Å². The summed E-state index contributed by atoms with van der Waals surface area (Å²) in [7, 11) is -4.18. The summed E-state index contributed by atoms with van der Waals surface area (Å²) in [6.45, 7) is -1.50. The average Bonchev–Trinajstić information content (AvgIpc) is 2.37. The first-order valence-electron chi connectivity index (χ1n) is 6.19. The molecule has 0 spiro atoms. The summed E-state index contributed by atoms with van der Waals surface area (Å²) in [5.41, 5.74) is 9.92. The lowest BCUT2D eigenvalue weighted by molar-refractivity contribution is -0.143. The highest BCUT2D eigenvalue weighted by Gasteiger charge is 2.36. The van der Waals surface area contributed by atoms with Crippen molar-refractivity contribution in [3.8, 4) is 0 Å². The number of amides is 2. The first-order valence-corrected chi connectivity index (χ1v) is 7.59. The molecule has 1 atom stereocenters. The first kappa shape index (κ1) is 17.3. The molecule has 21 heavy (non-hydrogen) atoms. The fourth-order valence-electron chi connectivity index (χ4n) is 2.08. The first-order chi connectivity index (χ1) is 9.64. The van der Waals surface area contributed by atoms with Crippen LogP contribution in [0.25, 0.3) is 0 Å². The van der Waals surface area contributed by atoms with Gasteiger partial charge >= 0.3 is 5.97 Å². The van der Waals surface area contributed by atoms with E-state index in [1.165, 1.54) is 0 Å². The zero-order chi connectivity index (χ0) is 16.2. The Morgan fingerprint density at radius 3 is 2.14 bits per heavy atom. The number of carboxylic acids is 1. The van der Waals surface area contributed by atoms with Gasteiger partial charge in [0.2, 0.25) is 11.8 Å². The van der Waals surface area contributed by atoms with Gasteiger partial charge in [-0.25, -0.2) is 0 Å². The highest BCUT2D eigenvalue weighted by Crippen LogP contribution is 2.21. The van der Waals surface area contributed by atoms with Crippen molar-refractivity contribution in [1.82, 2.24) is 8.61 Å². The fourth-order valence-corrected chi connectivity index (χ4v) is 3.72. The minimum Gasteiger partial charge on any atom is -0.481 e. The number of carbonyl (C=O) groups excluding carboxylic acids is 2. The van der Waals surface area contributed by atoms with Crippen LogP contribution in [0.3, 0.4) is 0 Å². The molecular weight excluding hydrogens is 304 g/mol. The predicted molar refractivity (Wildman–Crippen MR) is 70.8 cm³/mol. The highest BCUT2D eigenvalue weighted by molar-refractivity contribution is 7.86. The largest absolute Gasteiger partial charge is 0.481 e. The van der Waals surface area contributed by atoms with Crippen molar-refractivity contribution in [2.75, 3.05) is 26.2 Å². The zero-order valence-corrected chi connectivity index (χ0v) is 12.1. The maximum absolute atomic E-state index is 12.4. The van der Waals surface area contributed by atoms with E-state index in [-0.39, 0.29) is 13.1 Å². The van der Waals surface area contributed by atoms with Crippen LogP contribution in [0.4, 0.5) is 0 Å². The van der Waals surface area contributed by atoms with Gasteiger partial charge in [0.1, 0.15) is 0 Å². The molecule has 2 amide bonds. The molecule has 1 rings (SSSR count). The Kier molecular flexibility index (Phi) is 5.63. The molecule has 0 aliphatic carbocycles. The SMILES string of the molecule is NC(=O)CN(CC(N)=O)S(=O)(=O)N1CCCC(C(=O)O)C1. The summed E-state index contributed by atoms with van der Waals surface area (Å²) in [4.78, 5) is 32.9. The second-order valence-electron chi connectivity index (χ2n) is 4.74. The van der Waals surface area contributed by atoms with Gasteiger partial charge in [0.25, 0.3) is 10.2 Å². The fraction of sp³-hybridized carbons (Fsp3) is 0.700. The van der Waals surface area contributed by atoms with Crippen molar-refractivity contribution in [2.24, 2.45) is 17.4 Å². The van der Waals surface area contributed by atoms with Crippen LogP contribution in [-0.4, -0.2) is 66.1 Å². The number of piperidine rings is 1. The Labute approximate surface area is 121 Å². The molecule has 0 bridgehead atoms. The van der Waals surface area contributed by atoms with Crippen LogP contribution in [-0.2, 0) is 24.6 Å². The molecule has 11 heteroatoms. The molecule has 0 radical (unpaired) electrons. The maximum atomic E-state index is 12.4. The van der Waals surface area contributed by atoms with E-state index in [9.17, 15) is 22.8 Å². The topological polar surface area (TPSA) is 164 Å². The van der Waals surface area contributed by atoms with Crippen LogP contribution >= 0.6 is 0 Å². The number of carbonyl (C=O) groups is 3. The number of aliphatic carboxylic acids is 1. The molecular formula is C10H18N4O6S. The van der Waals surface area contributed by atoms with E-state index in [4.69, 9.17) is 16.6 Å². The molecule has 0 saturated carbocycles. The standard InChI is InChI=1S/C10H18N4O6S/c11-8(15)5-14(6-9(12)16)21(19,20)13-3-1-2-7(4-13)10(17)18/h7H,1-6H2,(H2,11,15)(H2,12,16)(H,17,18). The van der Waals surface area contributed by atoms with Gasteiger partial charge < -0.3 is 16.6 Å². The molecule has 0 aromatic heterocycles. The molecule has 10 nitrogen and oxygen atoms in total. The van der Waals surface area contributed by atoms with Gasteiger partial charge in [-0.3, -0.25) is 14.4 Å². The van der Waals surface area contributed by atoms with Crippen LogP contribution in [0, 0.1) is 5.92 Å². The summed E-state index contributed by atoms with van der Waals surface area (Å²) in [6.07, 6.45) is 0.740. The Bertz CT molecular complexity index is 518. The van der Waals surface area contributed by atoms with Gasteiger partial charge in [0, 0.05) is 13.1 Å². The highest BCUT2D eigenvalue weighted by atomic mass is 32.2. The van der Waals surface area contributed by atoms with Gasteiger partial charge in [-0.15, -0.1) is 0 Å². The van der Waals surface area contributed by atoms with Crippen LogP contribution in [0.5, 0.6) is 0 Å².